The fraction of sp³-hybridized carbons (Fsp3) is 0.222. The van der Waals surface area contributed by atoms with Crippen molar-refractivity contribution in [3.63, 3.8) is 0 Å². The molecule has 10 heteroatoms. The number of nitrogens with zero attached hydrogens (tertiary/aromatic N) is 1. The second-order valence-electron chi connectivity index (χ2n) is 5.82. The van der Waals surface area contributed by atoms with Crippen molar-refractivity contribution in [1.29, 1.82) is 0 Å². The van der Waals surface area contributed by atoms with Gasteiger partial charge in [-0.15, -0.1) is 0 Å². The van der Waals surface area contributed by atoms with Gasteiger partial charge in [-0.25, -0.2) is 4.79 Å². The Bertz CT molecular complexity index is 910. The summed E-state index contributed by atoms with van der Waals surface area (Å²) in [6.45, 7) is 2.64. The Balaban J connectivity index is 2.05. The number of benzene rings is 2. The molecular formula is C18H15F3N2O5. The van der Waals surface area contributed by atoms with Gasteiger partial charge >= 0.3 is 12.1 Å². The molecule has 0 aliphatic rings. The third kappa shape index (κ3) is 4.84. The summed E-state index contributed by atoms with van der Waals surface area (Å²) >= 11 is 0. The number of amides is 1. The first-order valence-corrected chi connectivity index (χ1v) is 7.94. The number of hydrogen-bond acceptors (Lipinski definition) is 5. The number of ether oxygens (including phenoxy) is 1. The van der Waals surface area contributed by atoms with Crippen LogP contribution in [0.2, 0.25) is 0 Å². The fourth-order valence-electron chi connectivity index (χ4n) is 2.31. The van der Waals surface area contributed by atoms with Gasteiger partial charge in [0.2, 0.25) is 0 Å². The summed E-state index contributed by atoms with van der Waals surface area (Å²) in [6, 6.07) is 7.62. The van der Waals surface area contributed by atoms with Crippen molar-refractivity contribution in [2.45, 2.75) is 26.1 Å². The molecule has 0 saturated carbocycles. The zero-order chi connectivity index (χ0) is 21.1. The quantitative estimate of drug-likeness (QED) is 0.466. The average Bonchev–Trinajstić information content (AvgIpc) is 2.61. The van der Waals surface area contributed by atoms with Crippen LogP contribution in [0.1, 0.15) is 28.4 Å². The van der Waals surface area contributed by atoms with Crippen LogP contribution >= 0.6 is 0 Å². The number of anilines is 1. The lowest BCUT2D eigenvalue weighted by atomic mass is 10.1. The summed E-state index contributed by atoms with van der Waals surface area (Å²) in [4.78, 5) is 34.6. The standard InChI is InChI=1S/C18H15F3N2O5/c1-10-14(4-3-5-15(10)23(26)27)17(25)28-11(2)16(24)22-13-8-6-12(7-9-13)18(19,20)21/h3-9,11H,1-2H3,(H,22,24). The van der Waals surface area contributed by atoms with Crippen molar-refractivity contribution in [2.24, 2.45) is 0 Å². The van der Waals surface area contributed by atoms with Crippen molar-refractivity contribution >= 4 is 23.3 Å². The maximum absolute atomic E-state index is 12.5. The van der Waals surface area contributed by atoms with Crippen molar-refractivity contribution in [3.05, 3.63) is 69.3 Å². The molecule has 1 amide bonds. The van der Waals surface area contributed by atoms with Crippen LogP contribution in [0.3, 0.4) is 0 Å². The third-order valence-corrected chi connectivity index (χ3v) is 3.85. The molecule has 0 aromatic heterocycles. The highest BCUT2D eigenvalue weighted by Crippen LogP contribution is 2.30. The highest BCUT2D eigenvalue weighted by atomic mass is 19.4. The normalized spacial score (nSPS) is 12.2. The van der Waals surface area contributed by atoms with Crippen LogP contribution in [0.25, 0.3) is 0 Å². The third-order valence-electron chi connectivity index (χ3n) is 3.85. The summed E-state index contributed by atoms with van der Waals surface area (Å²) in [6.07, 6.45) is -5.78. The number of nitrogens with one attached hydrogen (secondary N) is 1. The topological polar surface area (TPSA) is 98.5 Å². The smallest absolute Gasteiger partial charge is 0.416 e. The molecule has 0 aliphatic carbocycles. The van der Waals surface area contributed by atoms with E-state index in [-0.39, 0.29) is 22.5 Å². The van der Waals surface area contributed by atoms with E-state index in [9.17, 15) is 32.9 Å². The largest absolute Gasteiger partial charge is 0.449 e. The highest BCUT2D eigenvalue weighted by molar-refractivity contribution is 5.98. The number of halogens is 3. The monoisotopic (exact) mass is 396 g/mol. The number of rotatable bonds is 5. The van der Waals surface area contributed by atoms with Crippen molar-refractivity contribution < 1.29 is 32.4 Å². The predicted octanol–water partition coefficient (Wildman–Crippen LogP) is 4.11. The average molecular weight is 396 g/mol. The number of hydrogen-bond donors (Lipinski definition) is 1. The maximum Gasteiger partial charge on any atom is 0.416 e. The van der Waals surface area contributed by atoms with E-state index in [0.717, 1.165) is 24.3 Å². The Morgan fingerprint density at radius 2 is 1.75 bits per heavy atom. The second kappa shape index (κ2) is 8.07. The summed E-state index contributed by atoms with van der Waals surface area (Å²) in [5.41, 5.74) is -1.02. The van der Waals surface area contributed by atoms with Crippen molar-refractivity contribution in [2.75, 3.05) is 5.32 Å². The summed E-state index contributed by atoms with van der Waals surface area (Å²) < 4.78 is 42.6. The molecule has 0 bridgehead atoms. The molecule has 2 aromatic carbocycles. The molecular weight excluding hydrogens is 381 g/mol. The lowest BCUT2D eigenvalue weighted by molar-refractivity contribution is -0.385. The highest BCUT2D eigenvalue weighted by Gasteiger charge is 2.30. The molecule has 2 rings (SSSR count). The fourth-order valence-corrected chi connectivity index (χ4v) is 2.31. The molecule has 0 radical (unpaired) electrons. The van der Waals surface area contributed by atoms with E-state index in [1.54, 1.807) is 0 Å². The van der Waals surface area contributed by atoms with Gasteiger partial charge in [-0.2, -0.15) is 13.2 Å². The number of carbonyl (C=O) groups is 2. The van der Waals surface area contributed by atoms with Gasteiger partial charge in [-0.1, -0.05) is 6.07 Å². The van der Waals surface area contributed by atoms with Gasteiger partial charge in [0.1, 0.15) is 0 Å². The van der Waals surface area contributed by atoms with E-state index in [4.69, 9.17) is 4.74 Å². The molecule has 1 unspecified atom stereocenters. The molecule has 2 aromatic rings. The van der Waals surface area contributed by atoms with E-state index in [0.29, 0.717) is 0 Å². The van der Waals surface area contributed by atoms with Gasteiger partial charge in [-0.05, 0) is 44.2 Å². The van der Waals surface area contributed by atoms with Crippen molar-refractivity contribution in [3.8, 4) is 0 Å². The number of nitro groups is 1. The predicted molar refractivity (Wildman–Crippen MR) is 92.8 cm³/mol. The molecule has 148 valence electrons. The minimum atomic E-state index is -4.50. The van der Waals surface area contributed by atoms with Gasteiger partial charge in [0, 0.05) is 17.3 Å². The minimum absolute atomic E-state index is 0.0663. The van der Waals surface area contributed by atoms with Crippen LogP contribution in [0, 0.1) is 17.0 Å². The Labute approximate surface area is 157 Å². The Kier molecular flexibility index (Phi) is 6.02. The van der Waals surface area contributed by atoms with Crippen LogP contribution in [-0.2, 0) is 15.7 Å². The van der Waals surface area contributed by atoms with E-state index < -0.39 is 34.6 Å². The van der Waals surface area contributed by atoms with E-state index >= 15 is 0 Å². The van der Waals surface area contributed by atoms with E-state index in [1.807, 2.05) is 0 Å². The van der Waals surface area contributed by atoms with Gasteiger partial charge in [0.05, 0.1) is 16.1 Å². The van der Waals surface area contributed by atoms with Crippen LogP contribution in [0.4, 0.5) is 24.5 Å². The second-order valence-corrected chi connectivity index (χ2v) is 5.82. The number of carbonyl (C=O) groups excluding carboxylic acids is 2. The van der Waals surface area contributed by atoms with Crippen molar-refractivity contribution in [1.82, 2.24) is 0 Å². The summed E-state index contributed by atoms with van der Waals surface area (Å²) in [5.74, 6) is -1.70. The minimum Gasteiger partial charge on any atom is -0.449 e. The SMILES string of the molecule is Cc1c(C(=O)OC(C)C(=O)Nc2ccc(C(F)(F)F)cc2)cccc1[N+](=O)[O-]. The molecule has 0 aliphatic heterocycles. The van der Waals surface area contributed by atoms with E-state index in [2.05, 4.69) is 5.32 Å². The molecule has 0 heterocycles. The Morgan fingerprint density at radius 1 is 1.14 bits per heavy atom. The van der Waals surface area contributed by atoms with Crippen LogP contribution < -0.4 is 5.32 Å². The number of alkyl halides is 3. The van der Waals surface area contributed by atoms with Crippen LogP contribution in [0.5, 0.6) is 0 Å². The Morgan fingerprint density at radius 3 is 2.29 bits per heavy atom. The molecule has 0 spiro atoms. The zero-order valence-electron chi connectivity index (χ0n) is 14.7. The van der Waals surface area contributed by atoms with Gasteiger partial charge < -0.3 is 10.1 Å². The van der Waals surface area contributed by atoms with Crippen LogP contribution in [-0.4, -0.2) is 22.9 Å². The summed E-state index contributed by atoms with van der Waals surface area (Å²) in [5, 5.41) is 13.3. The first-order valence-electron chi connectivity index (χ1n) is 7.94. The number of esters is 1. The molecule has 0 fully saturated rings. The maximum atomic E-state index is 12.5. The lowest BCUT2D eigenvalue weighted by Crippen LogP contribution is -2.30. The van der Waals surface area contributed by atoms with Gasteiger partial charge in [0.25, 0.3) is 11.6 Å². The first kappa shape index (κ1) is 20.9. The lowest BCUT2D eigenvalue weighted by Gasteiger charge is -2.15. The first-order chi connectivity index (χ1) is 13.0. The summed E-state index contributed by atoms with van der Waals surface area (Å²) in [7, 11) is 0. The van der Waals surface area contributed by atoms with E-state index in [1.165, 1.54) is 32.0 Å². The van der Waals surface area contributed by atoms with Gasteiger partial charge in [-0.3, -0.25) is 14.9 Å². The molecule has 0 saturated heterocycles. The Hall–Kier alpha value is -3.43. The molecule has 1 N–H and O–H groups in total. The number of nitro benzene ring substituents is 1. The molecule has 28 heavy (non-hydrogen) atoms. The zero-order valence-corrected chi connectivity index (χ0v) is 14.7. The molecule has 7 nitrogen and oxygen atoms in total. The van der Waals surface area contributed by atoms with Crippen LogP contribution in [0.15, 0.2) is 42.5 Å². The van der Waals surface area contributed by atoms with Gasteiger partial charge in [0.15, 0.2) is 6.10 Å². The molecule has 1 atom stereocenters.